The van der Waals surface area contributed by atoms with Crippen LogP contribution in [-0.4, -0.2) is 60.1 Å². The summed E-state index contributed by atoms with van der Waals surface area (Å²) < 4.78 is 0. The molecule has 3 nitrogen and oxygen atoms in total. The van der Waals surface area contributed by atoms with Gasteiger partial charge in [0.15, 0.2) is 0 Å². The van der Waals surface area contributed by atoms with Crippen molar-refractivity contribution in [2.75, 3.05) is 44.2 Å². The third kappa shape index (κ3) is 5.29. The number of piperazine rings is 1. The molecule has 0 spiro atoms. The van der Waals surface area contributed by atoms with Crippen molar-refractivity contribution in [3.8, 4) is 6.07 Å². The molecule has 1 fully saturated rings. The van der Waals surface area contributed by atoms with Crippen LogP contribution < -0.4 is 0 Å². The van der Waals surface area contributed by atoms with Gasteiger partial charge in [0, 0.05) is 26.2 Å². The molecule has 4 heteroatoms. The molecule has 0 amide bonds. The van der Waals surface area contributed by atoms with Crippen molar-refractivity contribution in [1.29, 1.82) is 5.26 Å². The van der Waals surface area contributed by atoms with Crippen LogP contribution in [-0.2, 0) is 0 Å². The summed E-state index contributed by atoms with van der Waals surface area (Å²) in [5.41, 5.74) is 0. The van der Waals surface area contributed by atoms with Crippen LogP contribution in [0.3, 0.4) is 0 Å². The van der Waals surface area contributed by atoms with Gasteiger partial charge in [-0.05, 0) is 30.9 Å². The molecule has 98 valence electrons. The third-order valence-corrected chi connectivity index (χ3v) is 4.34. The molecule has 0 aromatic heterocycles. The van der Waals surface area contributed by atoms with E-state index in [1.54, 1.807) is 0 Å². The van der Waals surface area contributed by atoms with E-state index >= 15 is 0 Å². The summed E-state index contributed by atoms with van der Waals surface area (Å²) in [5.74, 6) is 2.51. The maximum absolute atomic E-state index is 9.04. The number of hydrogen-bond acceptors (Lipinski definition) is 4. The maximum atomic E-state index is 9.04. The minimum atomic E-state index is 0.132. The van der Waals surface area contributed by atoms with Crippen molar-refractivity contribution in [2.24, 2.45) is 0 Å². The fraction of sp³-hybridized carbons (Fsp3) is 0.923. The van der Waals surface area contributed by atoms with Crippen LogP contribution in [0.5, 0.6) is 0 Å². The van der Waals surface area contributed by atoms with Gasteiger partial charge in [0.2, 0.25) is 0 Å². The Kier molecular flexibility index (Phi) is 7.67. The molecule has 0 saturated carbocycles. The Hall–Kier alpha value is -0.240. The largest absolute Gasteiger partial charge is 0.301 e. The zero-order chi connectivity index (χ0) is 12.5. The molecule has 0 bridgehead atoms. The second-order valence-electron chi connectivity index (χ2n) is 4.48. The lowest BCUT2D eigenvalue weighted by Crippen LogP contribution is -2.50. The number of rotatable bonds is 7. The monoisotopic (exact) mass is 255 g/mol. The van der Waals surface area contributed by atoms with Gasteiger partial charge >= 0.3 is 0 Å². The summed E-state index contributed by atoms with van der Waals surface area (Å²) in [7, 11) is 0. The molecular formula is C13H25N3S. The summed E-state index contributed by atoms with van der Waals surface area (Å²) in [4.78, 5) is 4.87. The summed E-state index contributed by atoms with van der Waals surface area (Å²) in [6.07, 6.45) is 2.25. The van der Waals surface area contributed by atoms with E-state index in [2.05, 4.69) is 29.7 Å². The first-order valence-electron chi connectivity index (χ1n) is 6.75. The minimum Gasteiger partial charge on any atom is -0.301 e. The predicted molar refractivity (Wildman–Crippen MR) is 75.3 cm³/mol. The normalized spacial score (nSPS) is 20.1. The first kappa shape index (κ1) is 14.8. The average molecular weight is 255 g/mol. The molecule has 17 heavy (non-hydrogen) atoms. The van der Waals surface area contributed by atoms with Gasteiger partial charge in [0.05, 0.1) is 12.1 Å². The van der Waals surface area contributed by atoms with Crippen molar-refractivity contribution in [1.82, 2.24) is 9.80 Å². The van der Waals surface area contributed by atoms with Gasteiger partial charge in [0.25, 0.3) is 0 Å². The lowest BCUT2D eigenvalue weighted by Gasteiger charge is -2.36. The highest BCUT2D eigenvalue weighted by Crippen LogP contribution is 2.10. The van der Waals surface area contributed by atoms with Crippen LogP contribution in [0.4, 0.5) is 0 Å². The maximum Gasteiger partial charge on any atom is 0.0976 e. The third-order valence-electron chi connectivity index (χ3n) is 3.35. The molecule has 1 aliphatic heterocycles. The molecule has 1 heterocycles. The van der Waals surface area contributed by atoms with Crippen molar-refractivity contribution >= 4 is 11.8 Å². The quantitative estimate of drug-likeness (QED) is 0.651. The first-order chi connectivity index (χ1) is 8.31. The van der Waals surface area contributed by atoms with Gasteiger partial charge in [-0.1, -0.05) is 13.8 Å². The van der Waals surface area contributed by atoms with E-state index in [9.17, 15) is 0 Å². The molecule has 1 unspecified atom stereocenters. The molecule has 1 aliphatic rings. The molecular weight excluding hydrogens is 230 g/mol. The van der Waals surface area contributed by atoms with Gasteiger partial charge in [-0.2, -0.15) is 17.0 Å². The van der Waals surface area contributed by atoms with E-state index < -0.39 is 0 Å². The molecule has 1 saturated heterocycles. The second-order valence-corrected chi connectivity index (χ2v) is 5.88. The molecule has 0 aromatic rings. The SMILES string of the molecule is CCSCCCN1CCN(C(C#N)CC)CC1. The number of nitriles is 1. The van der Waals surface area contributed by atoms with Crippen molar-refractivity contribution in [3.63, 3.8) is 0 Å². The predicted octanol–water partition coefficient (Wildman–Crippen LogP) is 2.05. The fourth-order valence-electron chi connectivity index (χ4n) is 2.26. The fourth-order valence-corrected chi connectivity index (χ4v) is 2.89. The standard InChI is InChI=1S/C13H25N3S/c1-3-13(12-14)16-9-7-15(8-10-16)6-5-11-17-4-2/h13H,3-11H2,1-2H3. The molecule has 0 radical (unpaired) electrons. The Morgan fingerprint density at radius 2 is 1.94 bits per heavy atom. The summed E-state index contributed by atoms with van der Waals surface area (Å²) in [6.45, 7) is 9.94. The number of nitrogens with zero attached hydrogens (tertiary/aromatic N) is 3. The summed E-state index contributed by atoms with van der Waals surface area (Å²) in [5, 5.41) is 9.04. The van der Waals surface area contributed by atoms with Gasteiger partial charge in [-0.25, -0.2) is 0 Å². The van der Waals surface area contributed by atoms with Crippen LogP contribution in [0, 0.1) is 11.3 Å². The van der Waals surface area contributed by atoms with Crippen molar-refractivity contribution in [2.45, 2.75) is 32.7 Å². The topological polar surface area (TPSA) is 30.3 Å². The summed E-state index contributed by atoms with van der Waals surface area (Å²) in [6, 6.07) is 2.53. The smallest absolute Gasteiger partial charge is 0.0976 e. The van der Waals surface area contributed by atoms with E-state index in [-0.39, 0.29) is 6.04 Å². The van der Waals surface area contributed by atoms with Crippen molar-refractivity contribution < 1.29 is 0 Å². The van der Waals surface area contributed by atoms with Gasteiger partial charge in [0.1, 0.15) is 0 Å². The average Bonchev–Trinajstić information content (AvgIpc) is 2.38. The first-order valence-corrected chi connectivity index (χ1v) is 7.91. The highest BCUT2D eigenvalue weighted by molar-refractivity contribution is 7.99. The van der Waals surface area contributed by atoms with Crippen molar-refractivity contribution in [3.05, 3.63) is 0 Å². The lowest BCUT2D eigenvalue weighted by atomic mass is 10.2. The zero-order valence-corrected chi connectivity index (χ0v) is 12.0. The molecule has 0 aromatic carbocycles. The van der Waals surface area contributed by atoms with E-state index in [1.165, 1.54) is 24.5 Å². The lowest BCUT2D eigenvalue weighted by molar-refractivity contribution is 0.113. The van der Waals surface area contributed by atoms with E-state index in [4.69, 9.17) is 5.26 Å². The molecule has 1 rings (SSSR count). The minimum absolute atomic E-state index is 0.132. The van der Waals surface area contributed by atoms with Gasteiger partial charge < -0.3 is 4.90 Å². The van der Waals surface area contributed by atoms with Crippen LogP contribution in [0.1, 0.15) is 26.7 Å². The number of thioether (sulfide) groups is 1. The number of hydrogen-bond donors (Lipinski definition) is 0. The van der Waals surface area contributed by atoms with Crippen LogP contribution in [0.2, 0.25) is 0 Å². The Labute approximate surface area is 110 Å². The second kappa shape index (κ2) is 8.79. The molecule has 0 aliphatic carbocycles. The Morgan fingerprint density at radius 1 is 1.24 bits per heavy atom. The van der Waals surface area contributed by atoms with Crippen LogP contribution in [0.15, 0.2) is 0 Å². The Balaban J connectivity index is 2.15. The zero-order valence-electron chi connectivity index (χ0n) is 11.2. The van der Waals surface area contributed by atoms with Gasteiger partial charge in [-0.15, -0.1) is 0 Å². The van der Waals surface area contributed by atoms with Gasteiger partial charge in [-0.3, -0.25) is 4.90 Å². The molecule has 1 atom stereocenters. The highest BCUT2D eigenvalue weighted by Gasteiger charge is 2.21. The van der Waals surface area contributed by atoms with Crippen LogP contribution in [0.25, 0.3) is 0 Å². The van der Waals surface area contributed by atoms with E-state index in [1.807, 2.05) is 11.8 Å². The molecule has 0 N–H and O–H groups in total. The summed E-state index contributed by atoms with van der Waals surface area (Å²) >= 11 is 2.03. The Morgan fingerprint density at radius 3 is 2.47 bits per heavy atom. The highest BCUT2D eigenvalue weighted by atomic mass is 32.2. The van der Waals surface area contributed by atoms with Crippen LogP contribution >= 0.6 is 11.8 Å². The Bertz CT molecular complexity index is 231. The van der Waals surface area contributed by atoms with E-state index in [0.717, 1.165) is 32.6 Å². The van der Waals surface area contributed by atoms with E-state index in [0.29, 0.717) is 0 Å².